The molecule has 4 N–H and O–H groups in total. The van der Waals surface area contributed by atoms with Crippen LogP contribution in [0.2, 0.25) is 0 Å². The summed E-state index contributed by atoms with van der Waals surface area (Å²) < 4.78 is 0. The van der Waals surface area contributed by atoms with E-state index >= 15 is 0 Å². The molecule has 0 saturated carbocycles. The summed E-state index contributed by atoms with van der Waals surface area (Å²) in [4.78, 5) is 20.3. The van der Waals surface area contributed by atoms with Gasteiger partial charge in [-0.05, 0) is 18.6 Å². The minimum absolute atomic E-state index is 0.211. The Morgan fingerprint density at radius 2 is 1.41 bits per heavy atom. The summed E-state index contributed by atoms with van der Waals surface area (Å²) in [5.41, 5.74) is 0. The van der Waals surface area contributed by atoms with Crippen molar-refractivity contribution in [1.29, 1.82) is 0 Å². The van der Waals surface area contributed by atoms with E-state index in [2.05, 4.69) is 16.6 Å². The number of rotatable bonds is 14. The average Bonchev–Trinajstić information content (AvgIpc) is 2.54. The summed E-state index contributed by atoms with van der Waals surface area (Å²) in [6.07, 6.45) is 13.6. The van der Waals surface area contributed by atoms with Crippen LogP contribution in [0, 0.1) is 5.92 Å². The molecule has 6 heteroatoms. The first-order valence-corrected chi connectivity index (χ1v) is 8.86. The molecule has 0 aliphatic carbocycles. The van der Waals surface area contributed by atoms with Crippen LogP contribution in [0.25, 0.3) is 0 Å². The van der Waals surface area contributed by atoms with Gasteiger partial charge in [0.2, 0.25) is 0 Å². The quantitative estimate of drug-likeness (QED) is 0.284. The summed E-state index contributed by atoms with van der Waals surface area (Å²) in [6.45, 7) is 2.24. The van der Waals surface area contributed by atoms with Crippen LogP contribution in [0.1, 0.15) is 84.0 Å². The van der Waals surface area contributed by atoms with Crippen molar-refractivity contribution in [3.63, 3.8) is 0 Å². The Kier molecular flexibility index (Phi) is 14.7. The number of hydrogen-bond donors (Lipinski definition) is 2. The molecule has 1 unspecified atom stereocenters. The lowest BCUT2D eigenvalue weighted by Crippen LogP contribution is -2.24. The summed E-state index contributed by atoms with van der Waals surface area (Å²) in [7, 11) is 0. The van der Waals surface area contributed by atoms with Gasteiger partial charge in [0.1, 0.15) is 0 Å². The van der Waals surface area contributed by atoms with Crippen LogP contribution in [0.4, 0.5) is 0 Å². The Labute approximate surface area is 140 Å². The highest BCUT2D eigenvalue weighted by molar-refractivity contribution is 7.80. The third kappa shape index (κ3) is 11.9. The maximum absolute atomic E-state index is 11.6. The Hall–Kier alpha value is -0.720. The third-order valence-electron chi connectivity index (χ3n) is 3.90. The van der Waals surface area contributed by atoms with Crippen molar-refractivity contribution < 1.29 is 14.5 Å². The van der Waals surface area contributed by atoms with Gasteiger partial charge in [-0.2, -0.15) is 11.8 Å². The molecule has 1 atom stereocenters. The Morgan fingerprint density at radius 1 is 0.909 bits per heavy atom. The van der Waals surface area contributed by atoms with Gasteiger partial charge in [-0.1, -0.05) is 71.1 Å². The van der Waals surface area contributed by atoms with E-state index in [1.54, 1.807) is 0 Å². The molecule has 0 aliphatic rings. The van der Waals surface area contributed by atoms with E-state index in [0.717, 1.165) is 12.8 Å². The molecule has 0 bridgehead atoms. The number of carbonyl (C=O) groups is 1. The molecule has 0 aromatic heterocycles. The average molecular weight is 333 g/mol. The van der Waals surface area contributed by atoms with Gasteiger partial charge in [0, 0.05) is 6.42 Å². The molecule has 130 valence electrons. The van der Waals surface area contributed by atoms with Gasteiger partial charge in [-0.3, -0.25) is 4.79 Å². The fraction of sp³-hybridized carbons (Fsp3) is 0.875. The van der Waals surface area contributed by atoms with Crippen LogP contribution in [-0.4, -0.2) is 11.0 Å². The number of hydrogen-bond acceptors (Lipinski definition) is 6. The van der Waals surface area contributed by atoms with E-state index in [0.29, 0.717) is 12.8 Å². The molecule has 0 aromatic rings. The van der Waals surface area contributed by atoms with E-state index < -0.39 is 5.97 Å². The van der Waals surface area contributed by atoms with Gasteiger partial charge in [0.15, 0.2) is 5.05 Å². The van der Waals surface area contributed by atoms with Crippen LogP contribution >= 0.6 is 12.2 Å². The molecule has 0 fully saturated rings. The van der Waals surface area contributed by atoms with Gasteiger partial charge < -0.3 is 9.68 Å². The number of nitrogens with two attached hydrogens (primary N) is 2. The molecule has 0 aliphatic heterocycles. The fourth-order valence-electron chi connectivity index (χ4n) is 2.53. The zero-order chi connectivity index (χ0) is 16.6. The third-order valence-corrected chi connectivity index (χ3v) is 4.16. The van der Waals surface area contributed by atoms with Crippen molar-refractivity contribution in [2.24, 2.45) is 17.7 Å². The van der Waals surface area contributed by atoms with Crippen LogP contribution < -0.4 is 11.8 Å². The van der Waals surface area contributed by atoms with Crippen molar-refractivity contribution in [2.75, 3.05) is 0 Å². The predicted molar refractivity (Wildman–Crippen MR) is 92.7 cm³/mol. The van der Waals surface area contributed by atoms with E-state index in [-0.39, 0.29) is 11.0 Å². The Balaban J connectivity index is 3.63. The first-order chi connectivity index (χ1) is 10.7. The van der Waals surface area contributed by atoms with Gasteiger partial charge >= 0.3 is 5.97 Å². The number of thiocarbonyl (C=S) groups is 1. The summed E-state index contributed by atoms with van der Waals surface area (Å²) in [5, 5.41) is 0.211. The molecule has 0 aromatic carbocycles. The van der Waals surface area contributed by atoms with Gasteiger partial charge in [-0.25, -0.2) is 0 Å². The lowest BCUT2D eigenvalue weighted by atomic mass is 9.97. The van der Waals surface area contributed by atoms with Crippen LogP contribution in [0.5, 0.6) is 0 Å². The largest absolute Gasteiger partial charge is 0.404 e. The molecule has 0 rings (SSSR count). The molecule has 22 heavy (non-hydrogen) atoms. The lowest BCUT2D eigenvalue weighted by molar-refractivity contribution is -0.149. The maximum atomic E-state index is 11.6. The highest BCUT2D eigenvalue weighted by Crippen LogP contribution is 2.18. The monoisotopic (exact) mass is 332 g/mol. The molecule has 0 amide bonds. The lowest BCUT2D eigenvalue weighted by Gasteiger charge is -2.13. The molecule has 0 spiro atoms. The van der Waals surface area contributed by atoms with E-state index in [1.807, 2.05) is 0 Å². The highest BCUT2D eigenvalue weighted by atomic mass is 32.1. The first kappa shape index (κ1) is 21.3. The fourth-order valence-corrected chi connectivity index (χ4v) is 2.73. The maximum Gasteiger partial charge on any atom is 0.327 e. The van der Waals surface area contributed by atoms with Gasteiger partial charge in [0.25, 0.3) is 0 Å². The molecule has 0 saturated heterocycles. The van der Waals surface area contributed by atoms with Crippen LogP contribution in [0.15, 0.2) is 0 Å². The normalized spacial score (nSPS) is 12.0. The zero-order valence-electron chi connectivity index (χ0n) is 13.9. The smallest absolute Gasteiger partial charge is 0.327 e. The molecule has 0 radical (unpaired) electrons. The van der Waals surface area contributed by atoms with E-state index in [4.69, 9.17) is 24.0 Å². The minimum Gasteiger partial charge on any atom is -0.404 e. The minimum atomic E-state index is -0.449. The van der Waals surface area contributed by atoms with Crippen molar-refractivity contribution >= 4 is 23.2 Å². The second kappa shape index (κ2) is 15.2. The molecule has 0 heterocycles. The predicted octanol–water partition coefficient (Wildman–Crippen LogP) is 3.94. The summed E-state index contributed by atoms with van der Waals surface area (Å²) in [6, 6.07) is 0. The SMILES string of the molecule is CCCCCCCCCCCCC(CC(=S)ON)C(=O)ON. The van der Waals surface area contributed by atoms with Crippen molar-refractivity contribution in [1.82, 2.24) is 0 Å². The number of unbranched alkanes of at least 4 members (excludes halogenated alkanes) is 9. The van der Waals surface area contributed by atoms with Crippen molar-refractivity contribution in [3.05, 3.63) is 0 Å². The highest BCUT2D eigenvalue weighted by Gasteiger charge is 2.21. The van der Waals surface area contributed by atoms with Crippen LogP contribution in [0.3, 0.4) is 0 Å². The Bertz CT molecular complexity index is 301. The summed E-state index contributed by atoms with van der Waals surface area (Å²) in [5.74, 6) is 9.14. The van der Waals surface area contributed by atoms with Crippen LogP contribution in [-0.2, 0) is 14.5 Å². The van der Waals surface area contributed by atoms with Gasteiger partial charge in [0.05, 0.1) is 5.92 Å². The molecular weight excluding hydrogens is 300 g/mol. The standard InChI is InChI=1S/C16H32N2O3S/c1-2-3-4-5-6-7-8-9-10-11-12-14(16(19)21-18)13-15(22)20-17/h14H,2-13,17-18H2,1H3. The Morgan fingerprint density at radius 3 is 1.86 bits per heavy atom. The second-order valence-electron chi connectivity index (χ2n) is 5.80. The topological polar surface area (TPSA) is 87.6 Å². The molecule has 5 nitrogen and oxygen atoms in total. The van der Waals surface area contributed by atoms with Crippen molar-refractivity contribution in [3.8, 4) is 0 Å². The number of carbonyl (C=O) groups excluding carboxylic acids is 1. The van der Waals surface area contributed by atoms with Crippen molar-refractivity contribution in [2.45, 2.75) is 84.0 Å². The van der Waals surface area contributed by atoms with E-state index in [1.165, 1.54) is 51.4 Å². The van der Waals surface area contributed by atoms with Gasteiger partial charge in [-0.15, -0.1) is 0 Å². The van der Waals surface area contributed by atoms with E-state index in [9.17, 15) is 4.79 Å². The zero-order valence-corrected chi connectivity index (χ0v) is 14.7. The summed E-state index contributed by atoms with van der Waals surface area (Å²) >= 11 is 4.88. The molecular formula is C16H32N2O3S. The second-order valence-corrected chi connectivity index (χ2v) is 6.25. The first-order valence-electron chi connectivity index (χ1n) is 8.45.